The first kappa shape index (κ1) is 25.7. The van der Waals surface area contributed by atoms with E-state index in [1.807, 2.05) is 36.4 Å². The van der Waals surface area contributed by atoms with Gasteiger partial charge in [0.2, 0.25) is 5.88 Å². The largest absolute Gasteiger partial charge is 0.481 e. The summed E-state index contributed by atoms with van der Waals surface area (Å²) in [6, 6.07) is 35.5. The molecule has 4 aromatic carbocycles. The number of hydrogen-bond acceptors (Lipinski definition) is 4. The van der Waals surface area contributed by atoms with Crippen molar-refractivity contribution in [2.24, 2.45) is 0 Å². The molecule has 0 aliphatic carbocycles. The fourth-order valence-corrected chi connectivity index (χ4v) is 4.82. The third-order valence-corrected chi connectivity index (χ3v) is 6.74. The molecule has 1 aromatic heterocycles. The number of rotatable bonds is 7. The summed E-state index contributed by atoms with van der Waals surface area (Å²) in [6.45, 7) is 1.08. The highest BCUT2D eigenvalue weighted by molar-refractivity contribution is 7.80. The second kappa shape index (κ2) is 12.6. The maximum Gasteiger partial charge on any atom is 0.217 e. The van der Waals surface area contributed by atoms with Crippen LogP contribution in [0.4, 0.5) is 0 Å². The van der Waals surface area contributed by atoms with E-state index in [1.54, 1.807) is 7.11 Å². The van der Waals surface area contributed by atoms with E-state index in [2.05, 4.69) is 98.4 Å². The molecule has 0 fully saturated rings. The summed E-state index contributed by atoms with van der Waals surface area (Å²) in [4.78, 5) is 8.03. The molecule has 0 aliphatic rings. The quantitative estimate of drug-likeness (QED) is 0.233. The molecule has 0 saturated heterocycles. The topological polar surface area (TPSA) is 25.4 Å². The maximum atomic E-state index is 5.66. The number of hydrogen-bond donors (Lipinski definition) is 1. The van der Waals surface area contributed by atoms with Crippen LogP contribution in [-0.4, -0.2) is 37.6 Å². The van der Waals surface area contributed by atoms with Crippen LogP contribution in [0.5, 0.6) is 5.88 Å². The van der Waals surface area contributed by atoms with E-state index in [0.717, 1.165) is 41.1 Å². The molecule has 1 heterocycles. The van der Waals surface area contributed by atoms with Crippen molar-refractivity contribution in [3.63, 3.8) is 0 Å². The molecule has 0 saturated carbocycles. The van der Waals surface area contributed by atoms with Crippen LogP contribution in [0.3, 0.4) is 0 Å². The van der Waals surface area contributed by atoms with Crippen LogP contribution in [0.1, 0.15) is 29.9 Å². The number of pyridine rings is 1. The van der Waals surface area contributed by atoms with Crippen LogP contribution in [-0.2, 0) is 0 Å². The van der Waals surface area contributed by atoms with Crippen LogP contribution >= 0.6 is 12.6 Å². The minimum Gasteiger partial charge on any atom is -0.481 e. The summed E-state index contributed by atoms with van der Waals surface area (Å²) in [5.41, 5.74) is 3.46. The van der Waals surface area contributed by atoms with Crippen LogP contribution in [0, 0.1) is 0 Å². The van der Waals surface area contributed by atoms with Crippen LogP contribution in [0.15, 0.2) is 108 Å². The zero-order valence-electron chi connectivity index (χ0n) is 21.3. The van der Waals surface area contributed by atoms with Gasteiger partial charge in [-0.2, -0.15) is 0 Å². The normalized spacial score (nSPS) is 11.8. The minimum atomic E-state index is 0.285. The summed E-state index contributed by atoms with van der Waals surface area (Å²) in [5.74, 6) is 1.02. The molecule has 184 valence electrons. The van der Waals surface area contributed by atoms with Gasteiger partial charge in [0.25, 0.3) is 0 Å². The molecule has 0 radical (unpaired) electrons. The van der Waals surface area contributed by atoms with Gasteiger partial charge in [0.05, 0.1) is 12.6 Å². The summed E-state index contributed by atoms with van der Waals surface area (Å²) in [7, 11) is 5.95. The van der Waals surface area contributed by atoms with Crippen molar-refractivity contribution in [2.45, 2.75) is 23.7 Å². The average molecular weight is 495 g/mol. The van der Waals surface area contributed by atoms with Crippen molar-refractivity contribution < 1.29 is 4.74 Å². The monoisotopic (exact) mass is 494 g/mol. The van der Waals surface area contributed by atoms with Crippen LogP contribution in [0.25, 0.3) is 21.7 Å². The molecule has 0 N–H and O–H groups in total. The van der Waals surface area contributed by atoms with Gasteiger partial charge >= 0.3 is 0 Å². The molecule has 0 aliphatic heterocycles. The first-order valence-electron chi connectivity index (χ1n) is 12.4. The second-order valence-corrected chi connectivity index (χ2v) is 9.67. The molecule has 3 nitrogen and oxygen atoms in total. The third kappa shape index (κ3) is 6.45. The van der Waals surface area contributed by atoms with E-state index in [4.69, 9.17) is 9.72 Å². The predicted octanol–water partition coefficient (Wildman–Crippen LogP) is 7.85. The molecule has 0 bridgehead atoms. The van der Waals surface area contributed by atoms with Gasteiger partial charge in [0, 0.05) is 21.8 Å². The molecular formula is C32H34N2OS. The molecule has 0 spiro atoms. The second-order valence-electron chi connectivity index (χ2n) is 9.19. The summed E-state index contributed by atoms with van der Waals surface area (Å²) in [6.07, 6.45) is 2.20. The van der Waals surface area contributed by atoms with Crippen molar-refractivity contribution in [3.05, 3.63) is 114 Å². The van der Waals surface area contributed by atoms with Gasteiger partial charge in [-0.15, -0.1) is 12.6 Å². The van der Waals surface area contributed by atoms with Gasteiger partial charge in [-0.25, -0.2) is 4.98 Å². The Morgan fingerprint density at radius 3 is 2.19 bits per heavy atom. The SMILES string of the molecule is COc1nc2ccccc2cc1C(CCCN(C)C)c1ccccc1.Sc1cccc2ccccc12. The lowest BCUT2D eigenvalue weighted by Gasteiger charge is -2.21. The van der Waals surface area contributed by atoms with Gasteiger partial charge in [-0.05, 0) is 68.0 Å². The molecule has 1 atom stereocenters. The minimum absolute atomic E-state index is 0.285. The lowest BCUT2D eigenvalue weighted by molar-refractivity contribution is 0.378. The van der Waals surface area contributed by atoms with E-state index in [0.29, 0.717) is 0 Å². The Morgan fingerprint density at radius 2 is 1.47 bits per heavy atom. The van der Waals surface area contributed by atoms with Gasteiger partial charge in [0.15, 0.2) is 0 Å². The Bertz CT molecular complexity index is 1400. The van der Waals surface area contributed by atoms with Crippen molar-refractivity contribution in [1.29, 1.82) is 0 Å². The highest BCUT2D eigenvalue weighted by atomic mass is 32.1. The molecule has 36 heavy (non-hydrogen) atoms. The van der Waals surface area contributed by atoms with Crippen molar-refractivity contribution in [1.82, 2.24) is 9.88 Å². The highest BCUT2D eigenvalue weighted by Crippen LogP contribution is 2.36. The van der Waals surface area contributed by atoms with E-state index < -0.39 is 0 Å². The van der Waals surface area contributed by atoms with E-state index >= 15 is 0 Å². The lowest BCUT2D eigenvalue weighted by Crippen LogP contribution is -2.14. The van der Waals surface area contributed by atoms with E-state index in [1.165, 1.54) is 21.9 Å². The van der Waals surface area contributed by atoms with E-state index in [-0.39, 0.29) is 5.92 Å². The zero-order chi connectivity index (χ0) is 25.3. The standard InChI is InChI=1S/C22H26N2O.C10H8S/c1-24(2)15-9-13-19(17-10-5-4-6-11-17)20-16-18-12-7-8-14-21(18)23-22(20)25-3;11-10-7-3-5-8-4-1-2-6-9(8)10/h4-8,10-12,14,16,19H,9,13,15H2,1-3H3;1-7,11H. The van der Waals surface area contributed by atoms with Crippen molar-refractivity contribution in [3.8, 4) is 5.88 Å². The van der Waals surface area contributed by atoms with Gasteiger partial charge in [-0.1, -0.05) is 84.9 Å². The Balaban J connectivity index is 0.000000229. The maximum absolute atomic E-state index is 5.66. The van der Waals surface area contributed by atoms with Gasteiger partial charge in [-0.3, -0.25) is 0 Å². The van der Waals surface area contributed by atoms with Gasteiger partial charge < -0.3 is 9.64 Å². The molecule has 5 aromatic rings. The number of para-hydroxylation sites is 1. The number of nitrogens with zero attached hydrogens (tertiary/aromatic N) is 2. The summed E-state index contributed by atoms with van der Waals surface area (Å²) >= 11 is 4.35. The smallest absolute Gasteiger partial charge is 0.217 e. The molecule has 0 amide bonds. The van der Waals surface area contributed by atoms with Crippen LogP contribution < -0.4 is 4.74 Å². The third-order valence-electron chi connectivity index (χ3n) is 6.35. The van der Waals surface area contributed by atoms with Crippen molar-refractivity contribution >= 4 is 34.3 Å². The fourth-order valence-electron chi connectivity index (χ4n) is 4.53. The number of ether oxygens (including phenoxy) is 1. The first-order valence-corrected chi connectivity index (χ1v) is 12.8. The van der Waals surface area contributed by atoms with E-state index in [9.17, 15) is 0 Å². The number of fused-ring (bicyclic) bond motifs is 2. The predicted molar refractivity (Wildman–Crippen MR) is 156 cm³/mol. The Kier molecular flexibility index (Phi) is 8.99. The lowest BCUT2D eigenvalue weighted by atomic mass is 9.87. The first-order chi connectivity index (χ1) is 17.6. The Hall–Kier alpha value is -3.34. The number of benzene rings is 4. The fraction of sp³-hybridized carbons (Fsp3) is 0.219. The molecule has 1 unspecified atom stereocenters. The van der Waals surface area contributed by atoms with Crippen LogP contribution in [0.2, 0.25) is 0 Å². The Labute approximate surface area is 220 Å². The Morgan fingerprint density at radius 1 is 0.806 bits per heavy atom. The summed E-state index contributed by atoms with van der Waals surface area (Å²) in [5, 5.41) is 3.63. The summed E-state index contributed by atoms with van der Waals surface area (Å²) < 4.78 is 5.66. The number of methoxy groups -OCH3 is 1. The highest BCUT2D eigenvalue weighted by Gasteiger charge is 2.20. The number of aromatic nitrogens is 1. The molecule has 5 rings (SSSR count). The molecular weight excluding hydrogens is 460 g/mol. The van der Waals surface area contributed by atoms with Gasteiger partial charge in [0.1, 0.15) is 0 Å². The number of thiol groups is 1. The van der Waals surface area contributed by atoms with Crippen molar-refractivity contribution in [2.75, 3.05) is 27.7 Å². The average Bonchev–Trinajstić information content (AvgIpc) is 2.91. The molecule has 4 heteroatoms. The zero-order valence-corrected chi connectivity index (χ0v) is 22.2.